The minimum Gasteiger partial charge on any atom is -0.310 e. The standard InChI is InChI=1S/C32H22N2O4S/c35-23-11-27-31(21-7-3-1-5-19(21)23)13-17(31)15-33(27)29(37)25-9-10-26(39-25)30(38)34-16-18-14-32(18)22-8-4-2-6-20(22)24(36)12-28(32)34/h1-12,17-18H,13-16H2. The van der Waals surface area contributed by atoms with Crippen molar-refractivity contribution in [3.8, 4) is 0 Å². The molecule has 2 aliphatic heterocycles. The van der Waals surface area contributed by atoms with Gasteiger partial charge in [0.2, 0.25) is 0 Å². The Bertz CT molecular complexity index is 1670. The zero-order valence-corrected chi connectivity index (χ0v) is 21.7. The average Bonchev–Trinajstić information content (AvgIpc) is 3.67. The number of hydrogen-bond acceptors (Lipinski definition) is 5. The lowest BCUT2D eigenvalue weighted by molar-refractivity contribution is 0.0808. The van der Waals surface area contributed by atoms with Gasteiger partial charge in [0.15, 0.2) is 11.6 Å². The average molecular weight is 531 g/mol. The lowest BCUT2D eigenvalue weighted by atomic mass is 9.81. The number of amides is 2. The van der Waals surface area contributed by atoms with Gasteiger partial charge >= 0.3 is 0 Å². The largest absolute Gasteiger partial charge is 0.310 e. The Hall–Kier alpha value is -4.10. The van der Waals surface area contributed by atoms with Crippen LogP contribution in [0.5, 0.6) is 0 Å². The van der Waals surface area contributed by atoms with Gasteiger partial charge < -0.3 is 9.80 Å². The van der Waals surface area contributed by atoms with Gasteiger partial charge in [-0.3, -0.25) is 19.2 Å². The Morgan fingerprint density at radius 1 is 0.667 bits per heavy atom. The molecule has 9 rings (SSSR count). The van der Waals surface area contributed by atoms with Crippen LogP contribution in [-0.4, -0.2) is 46.3 Å². The third-order valence-corrected chi connectivity index (χ3v) is 11.0. The first-order chi connectivity index (χ1) is 18.9. The third kappa shape index (κ3) is 2.52. The number of carbonyl (C=O) groups is 4. The molecule has 3 heterocycles. The molecule has 6 nitrogen and oxygen atoms in total. The van der Waals surface area contributed by atoms with E-state index in [0.29, 0.717) is 34.7 Å². The van der Waals surface area contributed by atoms with E-state index >= 15 is 0 Å². The lowest BCUT2D eigenvalue weighted by Crippen LogP contribution is -2.33. The Morgan fingerprint density at radius 2 is 1.10 bits per heavy atom. The highest BCUT2D eigenvalue weighted by atomic mass is 32.1. The second-order valence-electron chi connectivity index (χ2n) is 11.6. The fourth-order valence-electron chi connectivity index (χ4n) is 7.99. The molecule has 4 aliphatic carbocycles. The molecule has 2 saturated heterocycles. The van der Waals surface area contributed by atoms with Gasteiger partial charge in [-0.25, -0.2) is 0 Å². The maximum atomic E-state index is 13.7. The molecule has 4 atom stereocenters. The number of fused-ring (bicyclic) bond motifs is 2. The summed E-state index contributed by atoms with van der Waals surface area (Å²) in [5.41, 5.74) is 4.67. The van der Waals surface area contributed by atoms with Gasteiger partial charge in [-0.1, -0.05) is 48.5 Å². The van der Waals surface area contributed by atoms with Gasteiger partial charge in [0.05, 0.1) is 9.75 Å². The van der Waals surface area contributed by atoms with Gasteiger partial charge in [0.25, 0.3) is 11.8 Å². The SMILES string of the molecule is O=C1C=C2N(C(=O)c3ccc(C(=O)N4CC5CC56C4=CC(=O)c4ccccc46)s3)CC3CC23c2ccccc21. The summed E-state index contributed by atoms with van der Waals surface area (Å²) in [5.74, 6) is 0.189. The van der Waals surface area contributed by atoms with Crippen molar-refractivity contribution in [2.75, 3.05) is 13.1 Å². The van der Waals surface area contributed by atoms with Crippen LogP contribution in [0.15, 0.2) is 84.2 Å². The van der Waals surface area contributed by atoms with Crippen LogP contribution < -0.4 is 0 Å². The number of carbonyl (C=O) groups excluding carboxylic acids is 4. The summed E-state index contributed by atoms with van der Waals surface area (Å²) in [6, 6.07) is 18.9. The molecule has 2 aromatic carbocycles. The van der Waals surface area contributed by atoms with E-state index in [1.165, 1.54) is 11.3 Å². The van der Waals surface area contributed by atoms with Gasteiger partial charge in [-0.2, -0.15) is 0 Å². The minimum atomic E-state index is -0.239. The Morgan fingerprint density at radius 3 is 1.56 bits per heavy atom. The number of likely N-dealkylation sites (tertiary alicyclic amines) is 2. The summed E-state index contributed by atoms with van der Waals surface area (Å²) < 4.78 is 0. The van der Waals surface area contributed by atoms with E-state index in [-0.39, 0.29) is 34.2 Å². The zero-order chi connectivity index (χ0) is 26.3. The molecule has 1 aromatic heterocycles. The minimum absolute atomic E-state index is 0.0583. The Balaban J connectivity index is 1.01. The van der Waals surface area contributed by atoms with Crippen LogP contribution >= 0.6 is 11.3 Å². The molecular formula is C32H22N2O4S. The number of ketones is 2. The quantitative estimate of drug-likeness (QED) is 0.480. The summed E-state index contributed by atoms with van der Waals surface area (Å²) in [7, 11) is 0. The van der Waals surface area contributed by atoms with E-state index in [1.54, 1.807) is 34.1 Å². The molecule has 39 heavy (non-hydrogen) atoms. The first-order valence-corrected chi connectivity index (χ1v) is 14.2. The van der Waals surface area contributed by atoms with E-state index < -0.39 is 0 Å². The molecule has 4 fully saturated rings. The van der Waals surface area contributed by atoms with Gasteiger partial charge in [-0.15, -0.1) is 11.3 Å². The second kappa shape index (κ2) is 6.90. The first-order valence-electron chi connectivity index (χ1n) is 13.4. The number of piperidine rings is 2. The van der Waals surface area contributed by atoms with E-state index in [2.05, 4.69) is 0 Å². The van der Waals surface area contributed by atoms with Crippen LogP contribution in [0.3, 0.4) is 0 Å². The van der Waals surface area contributed by atoms with Crippen LogP contribution in [-0.2, 0) is 10.8 Å². The fourth-order valence-corrected chi connectivity index (χ4v) is 8.90. The van der Waals surface area contributed by atoms with Crippen molar-refractivity contribution >= 4 is 34.7 Å². The monoisotopic (exact) mass is 530 g/mol. The van der Waals surface area contributed by atoms with Gasteiger partial charge in [0, 0.05) is 58.6 Å². The molecule has 0 N–H and O–H groups in total. The second-order valence-corrected chi connectivity index (χ2v) is 12.7. The normalized spacial score (nSPS) is 30.4. The molecule has 0 radical (unpaired) electrons. The van der Waals surface area contributed by atoms with Crippen molar-refractivity contribution in [1.29, 1.82) is 0 Å². The first kappa shape index (κ1) is 21.8. The summed E-state index contributed by atoms with van der Waals surface area (Å²) >= 11 is 1.20. The number of allylic oxidation sites excluding steroid dienone is 4. The van der Waals surface area contributed by atoms with Crippen molar-refractivity contribution < 1.29 is 19.2 Å². The molecule has 7 heteroatoms. The lowest BCUT2D eigenvalue weighted by Gasteiger charge is -2.29. The summed E-state index contributed by atoms with van der Waals surface area (Å²) in [6.07, 6.45) is 5.20. The van der Waals surface area contributed by atoms with Crippen LogP contribution in [0.4, 0.5) is 0 Å². The molecule has 2 saturated carbocycles. The van der Waals surface area contributed by atoms with Crippen molar-refractivity contribution in [2.24, 2.45) is 11.8 Å². The number of benzene rings is 2. The van der Waals surface area contributed by atoms with Crippen LogP contribution in [0.1, 0.15) is 64.0 Å². The Kier molecular flexibility index (Phi) is 3.86. The number of thiophene rings is 1. The number of hydrogen-bond donors (Lipinski definition) is 0. The highest BCUT2D eigenvalue weighted by molar-refractivity contribution is 7.16. The zero-order valence-electron chi connectivity index (χ0n) is 20.8. The maximum absolute atomic E-state index is 13.7. The third-order valence-electron chi connectivity index (χ3n) is 9.91. The topological polar surface area (TPSA) is 74.8 Å². The number of nitrogens with zero attached hydrogens (tertiary/aromatic N) is 2. The molecule has 2 amide bonds. The van der Waals surface area contributed by atoms with Crippen molar-refractivity contribution in [3.05, 3.63) is 116 Å². The maximum Gasteiger partial charge on any atom is 0.268 e. The predicted molar refractivity (Wildman–Crippen MR) is 144 cm³/mol. The van der Waals surface area contributed by atoms with E-state index in [9.17, 15) is 19.2 Å². The molecule has 0 bridgehead atoms. The van der Waals surface area contributed by atoms with Crippen molar-refractivity contribution in [2.45, 2.75) is 23.7 Å². The van der Waals surface area contributed by atoms with Crippen LogP contribution in [0, 0.1) is 11.8 Å². The number of rotatable bonds is 2. The molecule has 4 unspecified atom stereocenters. The van der Waals surface area contributed by atoms with E-state index in [0.717, 1.165) is 46.5 Å². The highest BCUT2D eigenvalue weighted by Crippen LogP contribution is 2.68. The van der Waals surface area contributed by atoms with Crippen molar-refractivity contribution in [3.63, 3.8) is 0 Å². The molecule has 3 aromatic rings. The van der Waals surface area contributed by atoms with E-state index in [1.807, 2.05) is 48.5 Å². The molecule has 6 aliphatic rings. The highest BCUT2D eigenvalue weighted by Gasteiger charge is 2.68. The summed E-state index contributed by atoms with van der Waals surface area (Å²) in [4.78, 5) is 57.7. The molecular weight excluding hydrogens is 508 g/mol. The van der Waals surface area contributed by atoms with Crippen LogP contribution in [0.2, 0.25) is 0 Å². The van der Waals surface area contributed by atoms with Gasteiger partial charge in [-0.05, 0) is 47.9 Å². The summed E-state index contributed by atoms with van der Waals surface area (Å²) in [6.45, 7) is 1.16. The predicted octanol–water partition coefficient (Wildman–Crippen LogP) is 4.74. The Labute approximate surface area is 228 Å². The van der Waals surface area contributed by atoms with Gasteiger partial charge in [0.1, 0.15) is 0 Å². The van der Waals surface area contributed by atoms with E-state index in [4.69, 9.17) is 0 Å². The van der Waals surface area contributed by atoms with Crippen LogP contribution in [0.25, 0.3) is 0 Å². The van der Waals surface area contributed by atoms with Crippen molar-refractivity contribution in [1.82, 2.24) is 9.80 Å². The summed E-state index contributed by atoms with van der Waals surface area (Å²) in [5, 5.41) is 0. The smallest absolute Gasteiger partial charge is 0.268 e. The fraction of sp³-hybridized carbons (Fsp3) is 0.250. The molecule has 2 spiro atoms. The molecule has 190 valence electrons.